The van der Waals surface area contributed by atoms with Crippen LogP contribution in [-0.4, -0.2) is 0 Å². The highest BCUT2D eigenvalue weighted by molar-refractivity contribution is 5.65. The molecule has 1 aromatic carbocycles. The highest BCUT2D eigenvalue weighted by Crippen LogP contribution is 2.17. The van der Waals surface area contributed by atoms with Gasteiger partial charge in [-0.2, -0.15) is 0 Å². The molecule has 0 radical (unpaired) electrons. The SMILES string of the molecule is C=Cc1ccccc1/C=C(\C)C(C)C. The van der Waals surface area contributed by atoms with Crippen LogP contribution < -0.4 is 0 Å². The first kappa shape index (κ1) is 10.8. The quantitative estimate of drug-likeness (QED) is 0.656. The molecule has 0 aliphatic rings. The first-order valence-corrected chi connectivity index (χ1v) is 5.04. The van der Waals surface area contributed by atoms with Gasteiger partial charge in [-0.3, -0.25) is 0 Å². The standard InChI is InChI=1S/C14H18/c1-5-13-8-6-7-9-14(13)10-12(4)11(2)3/h5-11H,1H2,2-4H3/b12-10+. The molecule has 1 aromatic rings. The Labute approximate surface area is 87.0 Å². The molecular weight excluding hydrogens is 168 g/mol. The normalized spacial score (nSPS) is 11.9. The first-order chi connectivity index (χ1) is 6.65. The average molecular weight is 186 g/mol. The Bertz CT molecular complexity index is 343. The molecule has 0 fully saturated rings. The largest absolute Gasteiger partial charge is 0.0984 e. The van der Waals surface area contributed by atoms with E-state index in [4.69, 9.17) is 0 Å². The average Bonchev–Trinajstić information content (AvgIpc) is 2.18. The summed E-state index contributed by atoms with van der Waals surface area (Å²) in [5.74, 6) is 0.605. The van der Waals surface area contributed by atoms with E-state index in [2.05, 4.69) is 51.6 Å². The van der Waals surface area contributed by atoms with Gasteiger partial charge in [-0.15, -0.1) is 0 Å². The molecule has 0 unspecified atom stereocenters. The minimum absolute atomic E-state index is 0.605. The Morgan fingerprint density at radius 1 is 1.21 bits per heavy atom. The molecule has 0 heteroatoms. The van der Waals surface area contributed by atoms with Crippen molar-refractivity contribution in [1.29, 1.82) is 0 Å². The van der Waals surface area contributed by atoms with E-state index in [1.54, 1.807) is 0 Å². The lowest BCUT2D eigenvalue weighted by Gasteiger charge is -2.06. The van der Waals surface area contributed by atoms with Gasteiger partial charge in [0.2, 0.25) is 0 Å². The van der Waals surface area contributed by atoms with E-state index in [1.165, 1.54) is 16.7 Å². The minimum atomic E-state index is 0.605. The lowest BCUT2D eigenvalue weighted by molar-refractivity contribution is 0.776. The molecule has 0 aliphatic heterocycles. The van der Waals surface area contributed by atoms with Crippen LogP contribution in [0.25, 0.3) is 12.2 Å². The van der Waals surface area contributed by atoms with Crippen molar-refractivity contribution >= 4 is 12.2 Å². The lowest BCUT2D eigenvalue weighted by Crippen LogP contribution is -1.89. The van der Waals surface area contributed by atoms with Crippen molar-refractivity contribution in [3.8, 4) is 0 Å². The van der Waals surface area contributed by atoms with E-state index in [-0.39, 0.29) is 0 Å². The van der Waals surface area contributed by atoms with Crippen LogP contribution in [0.4, 0.5) is 0 Å². The van der Waals surface area contributed by atoms with Crippen LogP contribution in [0.1, 0.15) is 31.9 Å². The van der Waals surface area contributed by atoms with Crippen molar-refractivity contribution in [2.75, 3.05) is 0 Å². The summed E-state index contributed by atoms with van der Waals surface area (Å²) in [5.41, 5.74) is 3.86. The van der Waals surface area contributed by atoms with Gasteiger partial charge in [0.25, 0.3) is 0 Å². The zero-order chi connectivity index (χ0) is 10.6. The predicted molar refractivity (Wildman–Crippen MR) is 65.0 cm³/mol. The first-order valence-electron chi connectivity index (χ1n) is 5.04. The molecule has 0 aliphatic carbocycles. The molecule has 14 heavy (non-hydrogen) atoms. The van der Waals surface area contributed by atoms with Gasteiger partial charge in [0.05, 0.1) is 0 Å². The predicted octanol–water partition coefficient (Wildman–Crippen LogP) is 4.39. The molecule has 0 aromatic heterocycles. The zero-order valence-corrected chi connectivity index (χ0v) is 9.25. The van der Waals surface area contributed by atoms with Gasteiger partial charge in [0.15, 0.2) is 0 Å². The van der Waals surface area contributed by atoms with Crippen LogP contribution >= 0.6 is 0 Å². The number of hydrogen-bond acceptors (Lipinski definition) is 0. The molecule has 1 rings (SSSR count). The maximum atomic E-state index is 3.81. The summed E-state index contributed by atoms with van der Waals surface area (Å²) in [6.45, 7) is 10.4. The molecule has 0 N–H and O–H groups in total. The Hall–Kier alpha value is -1.30. The van der Waals surface area contributed by atoms with Crippen LogP contribution in [0.3, 0.4) is 0 Å². The molecule has 0 amide bonds. The second-order valence-corrected chi connectivity index (χ2v) is 3.88. The molecule has 0 spiro atoms. The van der Waals surface area contributed by atoms with Crippen LogP contribution in [-0.2, 0) is 0 Å². The van der Waals surface area contributed by atoms with Crippen LogP contribution in [0.5, 0.6) is 0 Å². The number of allylic oxidation sites excluding steroid dienone is 1. The molecule has 0 bridgehead atoms. The fourth-order valence-corrected chi connectivity index (χ4v) is 1.24. The number of benzene rings is 1. The molecule has 74 valence electrons. The Balaban J connectivity index is 3.07. The van der Waals surface area contributed by atoms with Crippen molar-refractivity contribution in [2.45, 2.75) is 20.8 Å². The van der Waals surface area contributed by atoms with Crippen LogP contribution in [0.15, 0.2) is 36.4 Å². The highest BCUT2D eigenvalue weighted by Gasteiger charge is 1.98. The fraction of sp³-hybridized carbons (Fsp3) is 0.286. The van der Waals surface area contributed by atoms with Crippen molar-refractivity contribution in [3.05, 3.63) is 47.5 Å². The topological polar surface area (TPSA) is 0 Å². The van der Waals surface area contributed by atoms with E-state index in [1.807, 2.05) is 12.1 Å². The lowest BCUT2D eigenvalue weighted by atomic mass is 9.99. The van der Waals surface area contributed by atoms with Gasteiger partial charge in [0.1, 0.15) is 0 Å². The molecule has 0 saturated carbocycles. The van der Waals surface area contributed by atoms with E-state index in [9.17, 15) is 0 Å². The third kappa shape index (κ3) is 2.59. The van der Waals surface area contributed by atoms with Gasteiger partial charge >= 0.3 is 0 Å². The van der Waals surface area contributed by atoms with Crippen LogP contribution in [0, 0.1) is 5.92 Å². The third-order valence-electron chi connectivity index (χ3n) is 2.51. The second-order valence-electron chi connectivity index (χ2n) is 3.88. The molecule has 0 heterocycles. The monoisotopic (exact) mass is 186 g/mol. The summed E-state index contributed by atoms with van der Waals surface area (Å²) in [6, 6.07) is 8.32. The fourth-order valence-electron chi connectivity index (χ4n) is 1.24. The van der Waals surface area contributed by atoms with Gasteiger partial charge in [-0.25, -0.2) is 0 Å². The molecule has 0 saturated heterocycles. The van der Waals surface area contributed by atoms with Gasteiger partial charge in [-0.05, 0) is 24.0 Å². The summed E-state index contributed by atoms with van der Waals surface area (Å²) >= 11 is 0. The smallest absolute Gasteiger partial charge is 0.0185 e. The summed E-state index contributed by atoms with van der Waals surface area (Å²) in [6.07, 6.45) is 4.14. The van der Waals surface area contributed by atoms with Gasteiger partial charge < -0.3 is 0 Å². The minimum Gasteiger partial charge on any atom is -0.0984 e. The summed E-state index contributed by atoms with van der Waals surface area (Å²) in [7, 11) is 0. The number of rotatable bonds is 3. The molecule has 0 nitrogen and oxygen atoms in total. The van der Waals surface area contributed by atoms with Crippen molar-refractivity contribution in [2.24, 2.45) is 5.92 Å². The van der Waals surface area contributed by atoms with Crippen LogP contribution in [0.2, 0.25) is 0 Å². The van der Waals surface area contributed by atoms with E-state index in [0.717, 1.165) is 0 Å². The summed E-state index contributed by atoms with van der Waals surface area (Å²) in [5, 5.41) is 0. The zero-order valence-electron chi connectivity index (χ0n) is 9.25. The van der Waals surface area contributed by atoms with E-state index in [0.29, 0.717) is 5.92 Å². The maximum Gasteiger partial charge on any atom is -0.0185 e. The Kier molecular flexibility index (Phi) is 3.70. The van der Waals surface area contributed by atoms with E-state index >= 15 is 0 Å². The van der Waals surface area contributed by atoms with Crippen molar-refractivity contribution in [1.82, 2.24) is 0 Å². The summed E-state index contributed by atoms with van der Waals surface area (Å²) < 4.78 is 0. The second kappa shape index (κ2) is 4.80. The highest BCUT2D eigenvalue weighted by atomic mass is 14.0. The third-order valence-corrected chi connectivity index (χ3v) is 2.51. The summed E-state index contributed by atoms with van der Waals surface area (Å²) in [4.78, 5) is 0. The molecular formula is C14H18. The molecule has 0 atom stereocenters. The number of hydrogen-bond donors (Lipinski definition) is 0. The van der Waals surface area contributed by atoms with Gasteiger partial charge in [0, 0.05) is 0 Å². The van der Waals surface area contributed by atoms with E-state index < -0.39 is 0 Å². The van der Waals surface area contributed by atoms with Gasteiger partial charge in [-0.1, -0.05) is 62.4 Å². The Morgan fingerprint density at radius 2 is 1.79 bits per heavy atom. The van der Waals surface area contributed by atoms with Crippen molar-refractivity contribution < 1.29 is 0 Å². The Morgan fingerprint density at radius 3 is 2.29 bits per heavy atom. The van der Waals surface area contributed by atoms with Crippen molar-refractivity contribution in [3.63, 3.8) is 0 Å². The maximum absolute atomic E-state index is 3.81.